The summed E-state index contributed by atoms with van der Waals surface area (Å²) in [5, 5.41) is 3.44. The van der Waals surface area contributed by atoms with E-state index in [1.165, 1.54) is 27.9 Å². The van der Waals surface area contributed by atoms with E-state index in [0.29, 0.717) is 0 Å². The summed E-state index contributed by atoms with van der Waals surface area (Å²) in [6.45, 7) is 12.4. The summed E-state index contributed by atoms with van der Waals surface area (Å²) in [6.07, 6.45) is 10.3. The number of aryl methyl sites for hydroxylation is 1. The standard InChI is InChI=1S/C20H26N2/c1-5-8-18(15(3)6-2)19(17-10-13-21-14-11-17)20-16(4)9-7-12-22-20/h5-9,12,21H,2,10-11,13-14H2,1,3-4H3/b8-5-,18-15+. The molecule has 0 amide bonds. The molecule has 1 N–H and O–H groups in total. The largest absolute Gasteiger partial charge is 0.316 e. The molecule has 0 unspecified atom stereocenters. The molecule has 2 rings (SSSR count). The minimum atomic E-state index is 1.04. The fourth-order valence-electron chi connectivity index (χ4n) is 2.90. The highest BCUT2D eigenvalue weighted by atomic mass is 14.9. The fourth-order valence-corrected chi connectivity index (χ4v) is 2.90. The summed E-state index contributed by atoms with van der Waals surface area (Å²) in [4.78, 5) is 4.69. The summed E-state index contributed by atoms with van der Waals surface area (Å²) in [7, 11) is 0. The lowest BCUT2D eigenvalue weighted by Crippen LogP contribution is -2.24. The van der Waals surface area contributed by atoms with Crippen molar-refractivity contribution in [2.45, 2.75) is 33.6 Å². The number of hydrogen-bond acceptors (Lipinski definition) is 2. The van der Waals surface area contributed by atoms with Gasteiger partial charge in [-0.05, 0) is 69.5 Å². The summed E-state index contributed by atoms with van der Waals surface area (Å²) < 4.78 is 0. The van der Waals surface area contributed by atoms with Crippen LogP contribution in [-0.4, -0.2) is 18.1 Å². The van der Waals surface area contributed by atoms with Crippen LogP contribution in [0.1, 0.15) is 37.9 Å². The smallest absolute Gasteiger partial charge is 0.0736 e. The van der Waals surface area contributed by atoms with Crippen molar-refractivity contribution in [3.63, 3.8) is 0 Å². The Morgan fingerprint density at radius 3 is 2.64 bits per heavy atom. The van der Waals surface area contributed by atoms with E-state index in [2.05, 4.69) is 50.9 Å². The minimum absolute atomic E-state index is 1.04. The van der Waals surface area contributed by atoms with Crippen LogP contribution in [0.4, 0.5) is 0 Å². The molecule has 1 aliphatic heterocycles. The predicted octanol–water partition coefficient (Wildman–Crippen LogP) is 4.61. The second-order valence-electron chi connectivity index (χ2n) is 5.70. The average Bonchev–Trinajstić information content (AvgIpc) is 2.56. The van der Waals surface area contributed by atoms with E-state index in [0.717, 1.165) is 31.6 Å². The van der Waals surface area contributed by atoms with Crippen LogP contribution in [-0.2, 0) is 0 Å². The van der Waals surface area contributed by atoms with Crippen LogP contribution in [0.25, 0.3) is 5.57 Å². The Hall–Kier alpha value is -1.93. The molecular formula is C20H26N2. The fraction of sp³-hybridized carbons (Fsp3) is 0.350. The van der Waals surface area contributed by atoms with E-state index >= 15 is 0 Å². The average molecular weight is 294 g/mol. The lowest BCUT2D eigenvalue weighted by Gasteiger charge is -2.23. The Morgan fingerprint density at radius 1 is 1.32 bits per heavy atom. The summed E-state index contributed by atoms with van der Waals surface area (Å²) in [5.74, 6) is 0. The van der Waals surface area contributed by atoms with Gasteiger partial charge in [0, 0.05) is 11.8 Å². The molecule has 2 nitrogen and oxygen atoms in total. The molecule has 2 heteroatoms. The molecule has 0 spiro atoms. The van der Waals surface area contributed by atoms with E-state index < -0.39 is 0 Å². The highest BCUT2D eigenvalue weighted by Crippen LogP contribution is 2.34. The van der Waals surface area contributed by atoms with Crippen LogP contribution >= 0.6 is 0 Å². The Bertz CT molecular complexity index is 625. The number of rotatable bonds is 4. The molecule has 0 radical (unpaired) electrons. The van der Waals surface area contributed by atoms with Gasteiger partial charge < -0.3 is 5.32 Å². The lowest BCUT2D eigenvalue weighted by molar-refractivity contribution is 0.611. The van der Waals surface area contributed by atoms with E-state index in [1.807, 2.05) is 18.3 Å². The van der Waals surface area contributed by atoms with Crippen molar-refractivity contribution in [1.82, 2.24) is 10.3 Å². The molecule has 1 aliphatic rings. The molecule has 1 fully saturated rings. The van der Waals surface area contributed by atoms with Gasteiger partial charge in [-0.1, -0.05) is 36.4 Å². The van der Waals surface area contributed by atoms with Gasteiger partial charge in [0.25, 0.3) is 0 Å². The molecule has 116 valence electrons. The SMILES string of the molecule is C=C/C(C)=C(\C=C/C)C(=C1CCNCC1)c1ncccc1C. The second-order valence-corrected chi connectivity index (χ2v) is 5.70. The molecule has 0 aliphatic carbocycles. The Balaban J connectivity index is 2.70. The van der Waals surface area contributed by atoms with Gasteiger partial charge in [0.15, 0.2) is 0 Å². The maximum absolute atomic E-state index is 4.69. The van der Waals surface area contributed by atoms with Crippen molar-refractivity contribution in [2.24, 2.45) is 0 Å². The van der Waals surface area contributed by atoms with Crippen molar-refractivity contribution in [1.29, 1.82) is 0 Å². The zero-order valence-electron chi connectivity index (χ0n) is 13.9. The summed E-state index contributed by atoms with van der Waals surface area (Å²) >= 11 is 0. The van der Waals surface area contributed by atoms with E-state index in [4.69, 9.17) is 4.98 Å². The predicted molar refractivity (Wildman–Crippen MR) is 95.7 cm³/mol. The van der Waals surface area contributed by atoms with Gasteiger partial charge in [0.05, 0.1) is 5.69 Å². The van der Waals surface area contributed by atoms with E-state index in [1.54, 1.807) is 0 Å². The maximum Gasteiger partial charge on any atom is 0.0736 e. The first-order chi connectivity index (χ1) is 10.7. The Labute approximate surface area is 134 Å². The monoisotopic (exact) mass is 294 g/mol. The number of pyridine rings is 1. The zero-order valence-corrected chi connectivity index (χ0v) is 13.9. The zero-order chi connectivity index (χ0) is 15.9. The molecular weight excluding hydrogens is 268 g/mol. The highest BCUT2D eigenvalue weighted by Gasteiger charge is 2.18. The lowest BCUT2D eigenvalue weighted by atomic mass is 9.87. The van der Waals surface area contributed by atoms with Crippen LogP contribution in [0.5, 0.6) is 0 Å². The number of hydrogen-bond donors (Lipinski definition) is 1. The highest BCUT2D eigenvalue weighted by molar-refractivity contribution is 5.85. The van der Waals surface area contributed by atoms with Crippen molar-refractivity contribution < 1.29 is 0 Å². The van der Waals surface area contributed by atoms with Crippen molar-refractivity contribution in [3.8, 4) is 0 Å². The molecule has 1 aromatic rings. The third-order valence-electron chi connectivity index (χ3n) is 4.14. The first kappa shape index (κ1) is 16.4. The van der Waals surface area contributed by atoms with Gasteiger partial charge in [-0.15, -0.1) is 0 Å². The van der Waals surface area contributed by atoms with Gasteiger partial charge in [0.1, 0.15) is 0 Å². The van der Waals surface area contributed by atoms with Crippen molar-refractivity contribution >= 4 is 5.57 Å². The minimum Gasteiger partial charge on any atom is -0.316 e. The molecule has 2 heterocycles. The molecule has 0 saturated carbocycles. The maximum atomic E-state index is 4.69. The number of nitrogens with one attached hydrogen (secondary N) is 1. The molecule has 0 atom stereocenters. The number of allylic oxidation sites excluding steroid dienone is 6. The van der Waals surface area contributed by atoms with Gasteiger partial charge in [-0.25, -0.2) is 0 Å². The van der Waals surface area contributed by atoms with Crippen LogP contribution < -0.4 is 5.32 Å². The van der Waals surface area contributed by atoms with Crippen molar-refractivity contribution in [2.75, 3.05) is 13.1 Å². The van der Waals surface area contributed by atoms with Gasteiger partial charge in [0.2, 0.25) is 0 Å². The quantitative estimate of drug-likeness (QED) is 0.821. The normalized spacial score (nSPS) is 16.6. The summed E-state index contributed by atoms with van der Waals surface area (Å²) in [6, 6.07) is 4.14. The number of piperidine rings is 1. The van der Waals surface area contributed by atoms with Crippen LogP contribution in [0.15, 0.2) is 59.9 Å². The molecule has 1 aromatic heterocycles. The number of nitrogens with zero attached hydrogens (tertiary/aromatic N) is 1. The first-order valence-electron chi connectivity index (χ1n) is 8.00. The van der Waals surface area contributed by atoms with Gasteiger partial charge in [-0.3, -0.25) is 4.98 Å². The number of aromatic nitrogens is 1. The van der Waals surface area contributed by atoms with Crippen LogP contribution in [0, 0.1) is 6.92 Å². The molecule has 1 saturated heterocycles. The molecule has 22 heavy (non-hydrogen) atoms. The Morgan fingerprint density at radius 2 is 2.05 bits per heavy atom. The summed E-state index contributed by atoms with van der Waals surface area (Å²) in [5.41, 5.74) is 7.57. The van der Waals surface area contributed by atoms with E-state index in [-0.39, 0.29) is 0 Å². The molecule has 0 bridgehead atoms. The Kier molecular flexibility index (Phi) is 5.91. The third-order valence-corrected chi connectivity index (χ3v) is 4.14. The second kappa shape index (κ2) is 7.90. The van der Waals surface area contributed by atoms with Gasteiger partial charge in [-0.2, -0.15) is 0 Å². The molecule has 0 aromatic carbocycles. The van der Waals surface area contributed by atoms with E-state index in [9.17, 15) is 0 Å². The first-order valence-corrected chi connectivity index (χ1v) is 8.00. The van der Waals surface area contributed by atoms with Gasteiger partial charge >= 0.3 is 0 Å². The topological polar surface area (TPSA) is 24.9 Å². The third kappa shape index (κ3) is 3.63. The van der Waals surface area contributed by atoms with Crippen molar-refractivity contribution in [3.05, 3.63) is 71.1 Å². The van der Waals surface area contributed by atoms with Crippen LogP contribution in [0.2, 0.25) is 0 Å². The van der Waals surface area contributed by atoms with Crippen LogP contribution in [0.3, 0.4) is 0 Å².